The highest BCUT2D eigenvalue weighted by Gasteiger charge is 2.39. The predicted octanol–water partition coefficient (Wildman–Crippen LogP) is 3.85. The normalized spacial score (nSPS) is 17.2. The number of carbonyl (C=O) groups excluding carboxylic acids is 1. The minimum Gasteiger partial charge on any atom is -0.466 e. The van der Waals surface area contributed by atoms with E-state index in [4.69, 9.17) is 4.74 Å². The first-order valence-corrected chi connectivity index (χ1v) is 11.0. The summed E-state index contributed by atoms with van der Waals surface area (Å²) in [6.45, 7) is 7.97. The number of hydrogen-bond acceptors (Lipinski definition) is 4. The lowest BCUT2D eigenvalue weighted by molar-refractivity contribution is -0.144. The monoisotopic (exact) mass is 401 g/mol. The Labute approximate surface area is 167 Å². The van der Waals surface area contributed by atoms with Crippen LogP contribution >= 0.6 is 0 Å². The Kier molecular flexibility index (Phi) is 5.91. The first-order valence-electron chi connectivity index (χ1n) is 9.58. The molecule has 5 nitrogen and oxygen atoms in total. The zero-order chi connectivity index (χ0) is 20.5. The summed E-state index contributed by atoms with van der Waals surface area (Å²) in [5.41, 5.74) is 4.45. The van der Waals surface area contributed by atoms with Crippen LogP contribution in [0, 0.1) is 20.8 Å². The molecule has 2 aromatic rings. The van der Waals surface area contributed by atoms with Gasteiger partial charge in [0.1, 0.15) is 0 Å². The zero-order valence-corrected chi connectivity index (χ0v) is 17.7. The van der Waals surface area contributed by atoms with E-state index in [0.29, 0.717) is 17.9 Å². The number of rotatable bonds is 5. The Morgan fingerprint density at radius 1 is 1.14 bits per heavy atom. The van der Waals surface area contributed by atoms with Crippen molar-refractivity contribution in [1.82, 2.24) is 4.31 Å². The smallest absolute Gasteiger partial charge is 0.307 e. The van der Waals surface area contributed by atoms with Gasteiger partial charge in [0.25, 0.3) is 0 Å². The lowest BCUT2D eigenvalue weighted by Crippen LogP contribution is -2.41. The molecule has 0 N–H and O–H groups in total. The molecule has 3 rings (SSSR count). The molecule has 6 heteroatoms. The Morgan fingerprint density at radius 3 is 2.43 bits per heavy atom. The van der Waals surface area contributed by atoms with Crippen molar-refractivity contribution in [2.75, 3.05) is 13.2 Å². The molecule has 0 aliphatic carbocycles. The molecule has 150 valence electrons. The molecular formula is C22H27NO4S. The Balaban J connectivity index is 2.09. The van der Waals surface area contributed by atoms with Gasteiger partial charge in [0.05, 0.1) is 24.0 Å². The molecule has 0 fully saturated rings. The number of ether oxygens (including phenoxy) is 1. The summed E-state index contributed by atoms with van der Waals surface area (Å²) in [7, 11) is -3.77. The van der Waals surface area contributed by atoms with Crippen LogP contribution in [-0.4, -0.2) is 31.8 Å². The summed E-state index contributed by atoms with van der Waals surface area (Å²) in [5.74, 6) is -0.387. The number of hydrogen-bond donors (Lipinski definition) is 0. The van der Waals surface area contributed by atoms with Gasteiger partial charge in [-0.15, -0.1) is 0 Å². The first kappa shape index (κ1) is 20.6. The van der Waals surface area contributed by atoms with Gasteiger partial charge in [-0.3, -0.25) is 4.79 Å². The van der Waals surface area contributed by atoms with Gasteiger partial charge in [-0.1, -0.05) is 42.0 Å². The van der Waals surface area contributed by atoms with Crippen LogP contribution < -0.4 is 0 Å². The first-order chi connectivity index (χ1) is 13.3. The van der Waals surface area contributed by atoms with E-state index >= 15 is 0 Å². The maximum Gasteiger partial charge on any atom is 0.307 e. The number of fused-ring (bicyclic) bond motifs is 1. The van der Waals surface area contributed by atoms with Crippen molar-refractivity contribution in [3.63, 3.8) is 0 Å². The average Bonchev–Trinajstić information content (AvgIpc) is 2.60. The zero-order valence-electron chi connectivity index (χ0n) is 16.9. The summed E-state index contributed by atoms with van der Waals surface area (Å²) in [4.78, 5) is 12.6. The highest BCUT2D eigenvalue weighted by Crippen LogP contribution is 2.38. The maximum atomic E-state index is 13.7. The van der Waals surface area contributed by atoms with Gasteiger partial charge < -0.3 is 4.74 Å². The van der Waals surface area contributed by atoms with Crippen LogP contribution in [0.3, 0.4) is 0 Å². The van der Waals surface area contributed by atoms with Crippen molar-refractivity contribution in [2.24, 2.45) is 0 Å². The highest BCUT2D eigenvalue weighted by molar-refractivity contribution is 7.89. The van der Waals surface area contributed by atoms with Crippen LogP contribution in [0.4, 0.5) is 0 Å². The largest absolute Gasteiger partial charge is 0.466 e. The van der Waals surface area contributed by atoms with E-state index in [0.717, 1.165) is 27.8 Å². The Hall–Kier alpha value is -2.18. The molecule has 1 aliphatic rings. The number of carbonyl (C=O) groups is 1. The molecule has 0 bridgehead atoms. The second kappa shape index (κ2) is 8.05. The van der Waals surface area contributed by atoms with Crippen molar-refractivity contribution < 1.29 is 17.9 Å². The third-order valence-corrected chi connectivity index (χ3v) is 7.41. The van der Waals surface area contributed by atoms with Gasteiger partial charge in [-0.05, 0) is 56.4 Å². The van der Waals surface area contributed by atoms with Crippen LogP contribution in [-0.2, 0) is 26.0 Å². The van der Waals surface area contributed by atoms with Crippen molar-refractivity contribution in [3.05, 3.63) is 64.2 Å². The van der Waals surface area contributed by atoms with Crippen LogP contribution in [0.15, 0.2) is 41.3 Å². The fraction of sp³-hybridized carbons (Fsp3) is 0.409. The van der Waals surface area contributed by atoms with Crippen LogP contribution in [0.2, 0.25) is 0 Å². The molecule has 0 saturated heterocycles. The summed E-state index contributed by atoms with van der Waals surface area (Å²) in [6.07, 6.45) is 0.632. The lowest BCUT2D eigenvalue weighted by Gasteiger charge is -2.36. The number of esters is 1. The molecular weight excluding hydrogens is 374 g/mol. The molecule has 1 atom stereocenters. The minimum absolute atomic E-state index is 0.00798. The number of aryl methyl sites for hydroxylation is 3. The van der Waals surface area contributed by atoms with E-state index in [1.54, 1.807) is 6.92 Å². The summed E-state index contributed by atoms with van der Waals surface area (Å²) < 4.78 is 34.0. The van der Waals surface area contributed by atoms with E-state index in [1.807, 2.05) is 57.2 Å². The average molecular weight is 402 g/mol. The van der Waals surface area contributed by atoms with E-state index in [2.05, 4.69) is 0 Å². The third-order valence-electron chi connectivity index (χ3n) is 5.20. The van der Waals surface area contributed by atoms with Crippen molar-refractivity contribution in [3.8, 4) is 0 Å². The maximum absolute atomic E-state index is 13.7. The lowest BCUT2D eigenvalue weighted by atomic mass is 9.92. The molecule has 1 aliphatic heterocycles. The predicted molar refractivity (Wildman–Crippen MR) is 109 cm³/mol. The van der Waals surface area contributed by atoms with E-state index in [1.165, 1.54) is 4.31 Å². The SMILES string of the molecule is CCOC(=O)C[C@H]1c2ccccc2CCN1S(=O)(=O)c1c(C)cc(C)cc1C. The van der Waals surface area contributed by atoms with E-state index in [-0.39, 0.29) is 19.0 Å². The standard InChI is InChI=1S/C22H27NO4S/c1-5-27-21(24)14-20-19-9-7-6-8-18(19)10-11-23(20)28(25,26)22-16(3)12-15(2)13-17(22)4/h6-9,12-13,20H,5,10-11,14H2,1-4H3/t20-/m0/s1. The van der Waals surface area contributed by atoms with Crippen molar-refractivity contribution in [1.29, 1.82) is 0 Å². The van der Waals surface area contributed by atoms with Gasteiger partial charge in [0.2, 0.25) is 10.0 Å². The minimum atomic E-state index is -3.77. The Bertz CT molecular complexity index is 974. The van der Waals surface area contributed by atoms with Crippen LogP contribution in [0.1, 0.15) is 47.2 Å². The summed E-state index contributed by atoms with van der Waals surface area (Å²) in [5, 5.41) is 0. The molecule has 0 aromatic heterocycles. The quantitative estimate of drug-likeness (QED) is 0.714. The van der Waals surface area contributed by atoms with E-state index in [9.17, 15) is 13.2 Å². The molecule has 0 radical (unpaired) electrons. The molecule has 0 saturated carbocycles. The second-order valence-corrected chi connectivity index (χ2v) is 9.14. The van der Waals surface area contributed by atoms with E-state index < -0.39 is 16.1 Å². The number of sulfonamides is 1. The molecule has 28 heavy (non-hydrogen) atoms. The third kappa shape index (κ3) is 3.84. The van der Waals surface area contributed by atoms with Gasteiger partial charge >= 0.3 is 5.97 Å². The van der Waals surface area contributed by atoms with Gasteiger partial charge in [-0.25, -0.2) is 8.42 Å². The van der Waals surface area contributed by atoms with Gasteiger partial charge in [0.15, 0.2) is 0 Å². The summed E-state index contributed by atoms with van der Waals surface area (Å²) in [6, 6.07) is 11.0. The van der Waals surface area contributed by atoms with Gasteiger partial charge in [-0.2, -0.15) is 4.31 Å². The highest BCUT2D eigenvalue weighted by atomic mass is 32.2. The second-order valence-electron chi connectivity index (χ2n) is 7.32. The molecule has 0 spiro atoms. The van der Waals surface area contributed by atoms with Crippen LogP contribution in [0.5, 0.6) is 0 Å². The van der Waals surface area contributed by atoms with Crippen LogP contribution in [0.25, 0.3) is 0 Å². The number of benzene rings is 2. The Morgan fingerprint density at radius 2 is 1.79 bits per heavy atom. The fourth-order valence-electron chi connectivity index (χ4n) is 4.20. The fourth-order valence-corrected chi connectivity index (χ4v) is 6.22. The molecule has 1 heterocycles. The number of nitrogens with zero attached hydrogens (tertiary/aromatic N) is 1. The molecule has 0 unspecified atom stereocenters. The molecule has 0 amide bonds. The van der Waals surface area contributed by atoms with Crippen molar-refractivity contribution >= 4 is 16.0 Å². The summed E-state index contributed by atoms with van der Waals surface area (Å²) >= 11 is 0. The van der Waals surface area contributed by atoms with Crippen molar-refractivity contribution in [2.45, 2.75) is 51.5 Å². The van der Waals surface area contributed by atoms with Gasteiger partial charge in [0, 0.05) is 6.54 Å². The molecule has 2 aromatic carbocycles. The topological polar surface area (TPSA) is 63.7 Å².